The van der Waals surface area contributed by atoms with E-state index in [1.807, 2.05) is 66.7 Å². The number of nitrogens with one attached hydrogen (secondary N) is 1. The van der Waals surface area contributed by atoms with Crippen LogP contribution < -0.4 is 10.1 Å². The summed E-state index contributed by atoms with van der Waals surface area (Å²) in [5.74, 6) is 1.64. The van der Waals surface area contributed by atoms with Crippen LogP contribution in [-0.2, 0) is 27.4 Å². The molecule has 0 radical (unpaired) electrons. The number of para-hydroxylation sites is 1. The van der Waals surface area contributed by atoms with E-state index in [1.54, 1.807) is 18.9 Å². The zero-order chi connectivity index (χ0) is 25.5. The van der Waals surface area contributed by atoms with Crippen molar-refractivity contribution < 1.29 is 24.1 Å². The average Bonchev–Trinajstić information content (AvgIpc) is 2.92. The molecule has 1 aliphatic rings. The second-order valence-electron chi connectivity index (χ2n) is 8.94. The van der Waals surface area contributed by atoms with Crippen LogP contribution in [0.25, 0.3) is 0 Å². The summed E-state index contributed by atoms with van der Waals surface area (Å²) in [6.07, 6.45) is -0.763. The van der Waals surface area contributed by atoms with Gasteiger partial charge in [-0.05, 0) is 28.8 Å². The molecule has 3 aromatic rings. The summed E-state index contributed by atoms with van der Waals surface area (Å²) in [5.41, 5.74) is 3.87. The molecular weight excluding hydrogens is 474 g/mol. The number of benzene rings is 3. The van der Waals surface area contributed by atoms with E-state index in [0.29, 0.717) is 6.54 Å². The fraction of sp³-hybridized carbons (Fsp3) is 0.345. The Morgan fingerprint density at radius 1 is 0.972 bits per heavy atom. The fourth-order valence-corrected chi connectivity index (χ4v) is 5.43. The number of aliphatic hydroxyl groups excluding tert-OH is 1. The molecule has 4 atom stereocenters. The molecule has 0 aliphatic carbocycles. The molecule has 4 unspecified atom stereocenters. The van der Waals surface area contributed by atoms with E-state index in [4.69, 9.17) is 14.2 Å². The van der Waals surface area contributed by atoms with Gasteiger partial charge in [-0.3, -0.25) is 4.79 Å². The van der Waals surface area contributed by atoms with Gasteiger partial charge in [-0.2, -0.15) is 0 Å². The van der Waals surface area contributed by atoms with Crippen LogP contribution in [-0.4, -0.2) is 30.0 Å². The molecule has 7 heteroatoms. The Morgan fingerprint density at radius 2 is 1.64 bits per heavy atom. The maximum absolute atomic E-state index is 11.2. The van der Waals surface area contributed by atoms with Crippen LogP contribution in [0.15, 0.2) is 77.7 Å². The summed E-state index contributed by atoms with van der Waals surface area (Å²) in [7, 11) is 1.69. The van der Waals surface area contributed by atoms with Crippen LogP contribution in [0, 0.1) is 5.92 Å². The number of methoxy groups -OCH3 is 1. The van der Waals surface area contributed by atoms with Gasteiger partial charge in [0.05, 0.1) is 25.9 Å². The summed E-state index contributed by atoms with van der Waals surface area (Å²) in [6, 6.07) is 23.9. The molecule has 2 N–H and O–H groups in total. The van der Waals surface area contributed by atoms with Gasteiger partial charge in [-0.1, -0.05) is 67.6 Å². The molecule has 3 aromatic carbocycles. The number of carbonyl (C=O) groups is 1. The molecule has 36 heavy (non-hydrogen) atoms. The molecule has 0 saturated carbocycles. The van der Waals surface area contributed by atoms with Crippen molar-refractivity contribution in [2.75, 3.05) is 12.9 Å². The number of hydrogen-bond acceptors (Lipinski definition) is 6. The maximum atomic E-state index is 11.2. The molecule has 0 bridgehead atoms. The highest BCUT2D eigenvalue weighted by Gasteiger charge is 2.38. The zero-order valence-electron chi connectivity index (χ0n) is 20.8. The van der Waals surface area contributed by atoms with Crippen LogP contribution in [0.2, 0.25) is 0 Å². The fourth-order valence-electron chi connectivity index (χ4n) is 4.24. The van der Waals surface area contributed by atoms with Crippen molar-refractivity contribution in [1.29, 1.82) is 0 Å². The van der Waals surface area contributed by atoms with Crippen LogP contribution >= 0.6 is 11.8 Å². The first kappa shape index (κ1) is 26.2. The highest BCUT2D eigenvalue weighted by Crippen LogP contribution is 2.43. The van der Waals surface area contributed by atoms with Crippen molar-refractivity contribution in [1.82, 2.24) is 5.32 Å². The van der Waals surface area contributed by atoms with Crippen molar-refractivity contribution in [3.05, 3.63) is 95.1 Å². The molecule has 4 rings (SSSR count). The monoisotopic (exact) mass is 507 g/mol. The lowest BCUT2D eigenvalue weighted by Crippen LogP contribution is -2.38. The van der Waals surface area contributed by atoms with Gasteiger partial charge in [0.2, 0.25) is 5.91 Å². The number of hydrogen-bond donors (Lipinski definition) is 2. The lowest BCUT2D eigenvalue weighted by atomic mass is 9.91. The van der Waals surface area contributed by atoms with E-state index >= 15 is 0 Å². The Labute approximate surface area is 217 Å². The van der Waals surface area contributed by atoms with E-state index < -0.39 is 6.29 Å². The minimum Gasteiger partial charge on any atom is -0.496 e. The number of thioether (sulfide) groups is 1. The van der Waals surface area contributed by atoms with E-state index in [2.05, 4.69) is 18.3 Å². The van der Waals surface area contributed by atoms with Crippen molar-refractivity contribution in [2.24, 2.45) is 5.92 Å². The normalized spacial score (nSPS) is 21.7. The predicted molar refractivity (Wildman–Crippen MR) is 141 cm³/mol. The molecule has 0 spiro atoms. The SMILES string of the molecule is COc1ccccc1SCC1OC(c2ccc(CNC(C)=O)cc2)OC(c2ccc(CO)cc2)C1C. The maximum Gasteiger partial charge on any atom is 0.217 e. The third kappa shape index (κ3) is 6.48. The minimum absolute atomic E-state index is 0.0100. The van der Waals surface area contributed by atoms with Gasteiger partial charge in [0, 0.05) is 35.6 Å². The van der Waals surface area contributed by atoms with Gasteiger partial charge in [0.15, 0.2) is 6.29 Å². The first-order chi connectivity index (χ1) is 17.5. The first-order valence-corrected chi connectivity index (χ1v) is 13.1. The highest BCUT2D eigenvalue weighted by atomic mass is 32.2. The molecule has 0 aromatic heterocycles. The molecule has 1 amide bonds. The van der Waals surface area contributed by atoms with Crippen LogP contribution in [0.4, 0.5) is 0 Å². The number of amides is 1. The average molecular weight is 508 g/mol. The predicted octanol–water partition coefficient (Wildman–Crippen LogP) is 5.41. The molecule has 1 saturated heterocycles. The standard InChI is InChI=1S/C29H33NO5S/c1-19-26(18-36-27-7-5-4-6-25(27)33-3)34-29(24-14-8-21(9-15-24)16-30-20(2)32)35-28(19)23-12-10-22(17-31)11-13-23/h4-15,19,26,28-29,31H,16-18H2,1-3H3,(H,30,32). The smallest absolute Gasteiger partial charge is 0.217 e. The van der Waals surface area contributed by atoms with Gasteiger partial charge < -0.3 is 24.6 Å². The second kappa shape index (κ2) is 12.4. The van der Waals surface area contributed by atoms with Gasteiger partial charge in [0.1, 0.15) is 5.75 Å². The summed E-state index contributed by atoms with van der Waals surface area (Å²) in [5, 5.41) is 12.3. The number of ether oxygens (including phenoxy) is 3. The number of carbonyl (C=O) groups excluding carboxylic acids is 1. The third-order valence-corrected chi connectivity index (χ3v) is 7.53. The van der Waals surface area contributed by atoms with Crippen molar-refractivity contribution in [3.8, 4) is 5.75 Å². The Balaban J connectivity index is 1.56. The Kier molecular flexibility index (Phi) is 9.04. The van der Waals surface area contributed by atoms with Crippen LogP contribution in [0.5, 0.6) is 5.75 Å². The summed E-state index contributed by atoms with van der Waals surface area (Å²) >= 11 is 1.72. The molecule has 1 fully saturated rings. The number of rotatable bonds is 9. The van der Waals surface area contributed by atoms with Gasteiger partial charge in [0.25, 0.3) is 0 Å². The van der Waals surface area contributed by atoms with Crippen molar-refractivity contribution in [3.63, 3.8) is 0 Å². The topological polar surface area (TPSA) is 77.0 Å². The van der Waals surface area contributed by atoms with E-state index in [1.165, 1.54) is 6.92 Å². The number of aliphatic hydroxyl groups is 1. The van der Waals surface area contributed by atoms with Crippen LogP contribution in [0.3, 0.4) is 0 Å². The zero-order valence-corrected chi connectivity index (χ0v) is 21.7. The van der Waals surface area contributed by atoms with Crippen LogP contribution in [0.1, 0.15) is 48.5 Å². The second-order valence-corrected chi connectivity index (χ2v) is 10.00. The van der Waals surface area contributed by atoms with Gasteiger partial charge in [-0.15, -0.1) is 11.8 Å². The molecule has 1 heterocycles. The van der Waals surface area contributed by atoms with E-state index in [9.17, 15) is 9.90 Å². The molecule has 190 valence electrons. The van der Waals surface area contributed by atoms with E-state index in [-0.39, 0.29) is 30.6 Å². The largest absolute Gasteiger partial charge is 0.496 e. The summed E-state index contributed by atoms with van der Waals surface area (Å²) in [6.45, 7) is 4.16. The lowest BCUT2D eigenvalue weighted by Gasteiger charge is -2.41. The highest BCUT2D eigenvalue weighted by molar-refractivity contribution is 7.99. The Morgan fingerprint density at radius 3 is 2.31 bits per heavy atom. The first-order valence-electron chi connectivity index (χ1n) is 12.1. The molecule has 1 aliphatic heterocycles. The Hall–Kier alpha value is -2.84. The van der Waals surface area contributed by atoms with Gasteiger partial charge in [-0.25, -0.2) is 0 Å². The lowest BCUT2D eigenvalue weighted by molar-refractivity contribution is -0.268. The Bertz CT molecular complexity index is 1140. The van der Waals surface area contributed by atoms with Crippen molar-refractivity contribution >= 4 is 17.7 Å². The third-order valence-electron chi connectivity index (χ3n) is 6.39. The van der Waals surface area contributed by atoms with Crippen molar-refractivity contribution in [2.45, 2.75) is 50.4 Å². The molecule has 6 nitrogen and oxygen atoms in total. The van der Waals surface area contributed by atoms with E-state index in [0.717, 1.165) is 38.7 Å². The van der Waals surface area contributed by atoms with Gasteiger partial charge >= 0.3 is 0 Å². The molecular formula is C29H33NO5S. The summed E-state index contributed by atoms with van der Waals surface area (Å²) < 4.78 is 18.6. The minimum atomic E-state index is -0.526. The quantitative estimate of drug-likeness (QED) is 0.377. The summed E-state index contributed by atoms with van der Waals surface area (Å²) in [4.78, 5) is 12.3.